The molecule has 0 radical (unpaired) electrons. The first-order chi connectivity index (χ1) is 15.4. The average Bonchev–Trinajstić information content (AvgIpc) is 2.79. The van der Waals surface area contributed by atoms with Gasteiger partial charge in [-0.05, 0) is 48.0 Å². The molecule has 1 heterocycles. The molecule has 0 atom stereocenters. The van der Waals surface area contributed by atoms with Crippen molar-refractivity contribution < 1.29 is 9.18 Å². The second-order valence-electron chi connectivity index (χ2n) is 7.18. The zero-order chi connectivity index (χ0) is 22.8. The number of fused-ring (bicyclic) bond motifs is 1. The largest absolute Gasteiger partial charge is 0.311 e. The highest BCUT2D eigenvalue weighted by molar-refractivity contribution is 6.31. The van der Waals surface area contributed by atoms with Gasteiger partial charge in [-0.15, -0.1) is 0 Å². The van der Waals surface area contributed by atoms with Crippen molar-refractivity contribution in [2.24, 2.45) is 0 Å². The molecule has 0 aliphatic rings. The summed E-state index contributed by atoms with van der Waals surface area (Å²) >= 11 is 6.04. The van der Waals surface area contributed by atoms with Crippen molar-refractivity contribution in [1.29, 1.82) is 5.26 Å². The Morgan fingerprint density at radius 1 is 1.19 bits per heavy atom. The van der Waals surface area contributed by atoms with E-state index in [1.807, 2.05) is 6.07 Å². The Hall–Kier alpha value is -4.02. The van der Waals surface area contributed by atoms with Crippen LogP contribution in [0.1, 0.15) is 21.5 Å². The van der Waals surface area contributed by atoms with E-state index in [0.29, 0.717) is 16.8 Å². The monoisotopic (exact) mass is 446 g/mol. The van der Waals surface area contributed by atoms with Gasteiger partial charge in [-0.25, -0.2) is 9.37 Å². The second-order valence-corrected chi connectivity index (χ2v) is 7.62. The fraction of sp³-hybridized carbons (Fsp3) is 0.0833. The van der Waals surface area contributed by atoms with Gasteiger partial charge >= 0.3 is 0 Å². The molecule has 4 aromatic rings. The number of hydrogen-bond donors (Lipinski definition) is 0. The van der Waals surface area contributed by atoms with Gasteiger partial charge in [0.1, 0.15) is 5.82 Å². The first kappa shape index (κ1) is 21.2. The number of carbonyl (C=O) groups is 1. The summed E-state index contributed by atoms with van der Waals surface area (Å²) in [7, 11) is 1.54. The lowest BCUT2D eigenvalue weighted by atomic mass is 10.1. The molecule has 0 aliphatic heterocycles. The predicted molar refractivity (Wildman–Crippen MR) is 120 cm³/mol. The molecule has 1 amide bonds. The first-order valence-electron chi connectivity index (χ1n) is 9.59. The minimum absolute atomic E-state index is 0.130. The molecule has 0 saturated heterocycles. The highest BCUT2D eigenvalue weighted by atomic mass is 35.5. The Labute approximate surface area is 187 Å². The molecular weight excluding hydrogens is 431 g/mol. The molecule has 0 N–H and O–H groups in total. The van der Waals surface area contributed by atoms with Gasteiger partial charge in [0.25, 0.3) is 11.5 Å². The van der Waals surface area contributed by atoms with Gasteiger partial charge in [-0.3, -0.25) is 14.2 Å². The zero-order valence-corrected chi connectivity index (χ0v) is 17.7. The van der Waals surface area contributed by atoms with Crippen LogP contribution in [0.2, 0.25) is 5.02 Å². The molecule has 6 nitrogen and oxygen atoms in total. The lowest BCUT2D eigenvalue weighted by Crippen LogP contribution is -2.29. The summed E-state index contributed by atoms with van der Waals surface area (Å²) in [5.74, 6) is -0.829. The van der Waals surface area contributed by atoms with Crippen LogP contribution in [-0.4, -0.2) is 22.5 Å². The van der Waals surface area contributed by atoms with Gasteiger partial charge in [0, 0.05) is 17.6 Å². The summed E-state index contributed by atoms with van der Waals surface area (Å²) < 4.78 is 14.9. The van der Waals surface area contributed by atoms with E-state index in [1.165, 1.54) is 53.2 Å². The predicted octanol–water partition coefficient (Wildman–Crippen LogP) is 4.39. The number of rotatable bonds is 4. The van der Waals surface area contributed by atoms with E-state index in [4.69, 9.17) is 16.9 Å². The molecule has 0 saturated carbocycles. The third kappa shape index (κ3) is 4.09. The van der Waals surface area contributed by atoms with Crippen LogP contribution in [0, 0.1) is 17.1 Å². The van der Waals surface area contributed by atoms with Crippen LogP contribution in [0.25, 0.3) is 10.9 Å². The average molecular weight is 447 g/mol. The third-order valence-corrected chi connectivity index (χ3v) is 5.23. The molecule has 3 aromatic carbocycles. The van der Waals surface area contributed by atoms with Crippen LogP contribution in [0.4, 0.5) is 10.1 Å². The summed E-state index contributed by atoms with van der Waals surface area (Å²) in [5, 5.41) is 9.68. The van der Waals surface area contributed by atoms with Gasteiger partial charge < -0.3 is 4.90 Å². The minimum atomic E-state index is -0.434. The zero-order valence-electron chi connectivity index (χ0n) is 16.9. The highest BCUT2D eigenvalue weighted by Crippen LogP contribution is 2.25. The molecule has 0 bridgehead atoms. The molecule has 4 rings (SSSR count). The maximum absolute atomic E-state index is 13.5. The van der Waals surface area contributed by atoms with Crippen LogP contribution >= 0.6 is 11.6 Å². The molecule has 0 unspecified atom stereocenters. The number of halogens is 2. The van der Waals surface area contributed by atoms with E-state index in [1.54, 1.807) is 30.3 Å². The Bertz CT molecular complexity index is 1460. The van der Waals surface area contributed by atoms with Crippen molar-refractivity contribution in [3.05, 3.63) is 105 Å². The topological polar surface area (TPSA) is 79.0 Å². The van der Waals surface area contributed by atoms with Crippen molar-refractivity contribution in [3.8, 4) is 6.07 Å². The van der Waals surface area contributed by atoms with Crippen LogP contribution in [0.5, 0.6) is 0 Å². The minimum Gasteiger partial charge on any atom is -0.311 e. The molecule has 158 valence electrons. The van der Waals surface area contributed by atoms with Crippen molar-refractivity contribution >= 4 is 34.1 Å². The molecular formula is C24H16ClFN4O2. The smallest absolute Gasteiger partial charge is 0.263 e. The van der Waals surface area contributed by atoms with Crippen molar-refractivity contribution in [1.82, 2.24) is 9.55 Å². The second kappa shape index (κ2) is 8.61. The molecule has 8 heteroatoms. The number of hydrogen-bond acceptors (Lipinski definition) is 4. The number of benzene rings is 3. The molecule has 1 aromatic heterocycles. The summed E-state index contributed by atoms with van der Waals surface area (Å²) in [6.45, 7) is 0.130. The Kier molecular flexibility index (Phi) is 5.71. The number of amides is 1. The van der Waals surface area contributed by atoms with Crippen LogP contribution in [0.15, 0.2) is 71.8 Å². The van der Waals surface area contributed by atoms with E-state index < -0.39 is 11.7 Å². The van der Waals surface area contributed by atoms with Gasteiger partial charge in [0.2, 0.25) is 0 Å². The highest BCUT2D eigenvalue weighted by Gasteiger charge is 2.19. The van der Waals surface area contributed by atoms with E-state index in [0.717, 1.165) is 0 Å². The van der Waals surface area contributed by atoms with Gasteiger partial charge in [0.05, 0.1) is 41.1 Å². The van der Waals surface area contributed by atoms with Crippen LogP contribution < -0.4 is 10.5 Å². The lowest BCUT2D eigenvalue weighted by Gasteiger charge is -2.20. The SMILES string of the molecule is CN(C(=O)c1cc(Cl)cc(C#N)c1)c1cccc2ncn(Cc3cccc(F)c3)c(=O)c12. The van der Waals surface area contributed by atoms with Gasteiger partial charge in [-0.2, -0.15) is 5.26 Å². The summed E-state index contributed by atoms with van der Waals surface area (Å²) in [5.41, 5.74) is 1.50. The fourth-order valence-electron chi connectivity index (χ4n) is 3.49. The van der Waals surface area contributed by atoms with Crippen molar-refractivity contribution in [2.45, 2.75) is 6.54 Å². The third-order valence-electron chi connectivity index (χ3n) is 5.01. The number of nitrogens with zero attached hydrogens (tertiary/aromatic N) is 4. The van der Waals surface area contributed by atoms with Gasteiger partial charge in [0.15, 0.2) is 0 Å². The Morgan fingerprint density at radius 3 is 2.72 bits per heavy atom. The quantitative estimate of drug-likeness (QED) is 0.466. The van der Waals surface area contributed by atoms with Crippen LogP contribution in [0.3, 0.4) is 0 Å². The fourth-order valence-corrected chi connectivity index (χ4v) is 3.72. The molecule has 32 heavy (non-hydrogen) atoms. The number of anilines is 1. The molecule has 0 spiro atoms. The molecule has 0 fully saturated rings. The van der Waals surface area contributed by atoms with Crippen molar-refractivity contribution in [3.63, 3.8) is 0 Å². The number of nitriles is 1. The lowest BCUT2D eigenvalue weighted by molar-refractivity contribution is 0.0993. The maximum atomic E-state index is 13.5. The Balaban J connectivity index is 1.79. The summed E-state index contributed by atoms with van der Waals surface area (Å²) in [4.78, 5) is 32.1. The Morgan fingerprint density at radius 2 is 1.97 bits per heavy atom. The summed E-state index contributed by atoms with van der Waals surface area (Å²) in [6.07, 6.45) is 1.40. The van der Waals surface area contributed by atoms with E-state index in [9.17, 15) is 14.0 Å². The maximum Gasteiger partial charge on any atom is 0.263 e. The number of aromatic nitrogens is 2. The van der Waals surface area contributed by atoms with Gasteiger partial charge in [-0.1, -0.05) is 29.8 Å². The van der Waals surface area contributed by atoms with Crippen LogP contribution in [-0.2, 0) is 6.54 Å². The van der Waals surface area contributed by atoms with E-state index in [2.05, 4.69) is 4.98 Å². The van der Waals surface area contributed by atoms with Crippen molar-refractivity contribution in [2.75, 3.05) is 11.9 Å². The van der Waals surface area contributed by atoms with E-state index in [-0.39, 0.29) is 33.6 Å². The first-order valence-corrected chi connectivity index (χ1v) is 9.96. The molecule has 0 aliphatic carbocycles. The number of carbonyl (C=O) groups excluding carboxylic acids is 1. The normalized spacial score (nSPS) is 10.7. The van der Waals surface area contributed by atoms with E-state index >= 15 is 0 Å². The summed E-state index contributed by atoms with van der Waals surface area (Å²) in [6, 6.07) is 17.3. The standard InChI is InChI=1S/C24H16ClFN4O2/c1-29(23(31)17-8-16(12-27)9-18(25)11-17)21-7-3-6-20-22(21)24(32)30(14-28-20)13-15-4-2-5-19(26)10-15/h2-11,14H,13H2,1H3.